The van der Waals surface area contributed by atoms with Gasteiger partial charge in [0.25, 0.3) is 0 Å². The number of guanidine groups is 1. The van der Waals surface area contributed by atoms with E-state index in [4.69, 9.17) is 28.7 Å². The summed E-state index contributed by atoms with van der Waals surface area (Å²) in [6.45, 7) is 0.523. The molecule has 102 valence electrons. The molecule has 0 saturated carbocycles. The van der Waals surface area contributed by atoms with E-state index in [2.05, 4.69) is 0 Å². The number of nitrogens with zero attached hydrogens (tertiary/aromatic N) is 1. The molecule has 0 aliphatic heterocycles. The smallest absolute Gasteiger partial charge is 0.370 e. The SMILES string of the molecule is CN(Cc1ccc(F)cc1)C(=N)N.O=S(=O)(O)O. The van der Waals surface area contributed by atoms with Gasteiger partial charge in [0.15, 0.2) is 5.96 Å². The molecule has 0 fully saturated rings. The van der Waals surface area contributed by atoms with Gasteiger partial charge < -0.3 is 10.6 Å². The zero-order valence-electron chi connectivity index (χ0n) is 9.54. The Balaban J connectivity index is 0.000000494. The summed E-state index contributed by atoms with van der Waals surface area (Å²) in [4.78, 5) is 1.58. The predicted octanol–water partition coefficient (Wildman–Crippen LogP) is 0.498. The minimum Gasteiger partial charge on any atom is -0.370 e. The van der Waals surface area contributed by atoms with Gasteiger partial charge in [-0.15, -0.1) is 0 Å². The average Bonchev–Trinajstić information content (AvgIpc) is 2.18. The first-order valence-corrected chi connectivity index (χ1v) is 5.99. The van der Waals surface area contributed by atoms with Gasteiger partial charge in [0.1, 0.15) is 5.82 Å². The van der Waals surface area contributed by atoms with Gasteiger partial charge in [0.2, 0.25) is 0 Å². The standard InChI is InChI=1S/C9H12FN3.H2O4S/c1-13(9(11)12)6-7-2-4-8(10)5-3-7;1-5(2,3)4/h2-5H,6H2,1H3,(H3,11,12);(H2,1,2,3,4). The average molecular weight is 279 g/mol. The second-order valence-corrected chi connectivity index (χ2v) is 4.21. The van der Waals surface area contributed by atoms with Crippen molar-refractivity contribution < 1.29 is 21.9 Å². The third kappa shape index (κ3) is 9.51. The highest BCUT2D eigenvalue weighted by Gasteiger charge is 2.00. The molecule has 7 nitrogen and oxygen atoms in total. The zero-order chi connectivity index (χ0) is 14.3. The van der Waals surface area contributed by atoms with Crippen molar-refractivity contribution in [2.75, 3.05) is 7.05 Å². The Hall–Kier alpha value is -1.71. The Kier molecular flexibility index (Phi) is 6.23. The van der Waals surface area contributed by atoms with E-state index in [-0.39, 0.29) is 11.8 Å². The molecule has 18 heavy (non-hydrogen) atoms. The Labute approximate surface area is 104 Å². The van der Waals surface area contributed by atoms with E-state index in [0.717, 1.165) is 5.56 Å². The first-order valence-electron chi connectivity index (χ1n) is 4.59. The molecule has 5 N–H and O–H groups in total. The molecule has 0 aliphatic rings. The van der Waals surface area contributed by atoms with Crippen molar-refractivity contribution in [3.05, 3.63) is 35.6 Å². The van der Waals surface area contributed by atoms with E-state index in [9.17, 15) is 4.39 Å². The van der Waals surface area contributed by atoms with E-state index < -0.39 is 10.4 Å². The molecule has 0 atom stereocenters. The van der Waals surface area contributed by atoms with Crippen LogP contribution in [0.4, 0.5) is 4.39 Å². The maximum Gasteiger partial charge on any atom is 0.394 e. The lowest BCUT2D eigenvalue weighted by Crippen LogP contribution is -2.32. The molecular weight excluding hydrogens is 265 g/mol. The maximum atomic E-state index is 12.5. The largest absolute Gasteiger partial charge is 0.394 e. The van der Waals surface area contributed by atoms with Crippen LogP contribution < -0.4 is 5.73 Å². The molecule has 0 amide bonds. The van der Waals surface area contributed by atoms with Crippen LogP contribution in [0.15, 0.2) is 24.3 Å². The number of hydrogen-bond donors (Lipinski definition) is 4. The van der Waals surface area contributed by atoms with Crippen molar-refractivity contribution in [3.63, 3.8) is 0 Å². The lowest BCUT2D eigenvalue weighted by atomic mass is 10.2. The molecule has 0 bridgehead atoms. The quantitative estimate of drug-likeness (QED) is 0.354. The van der Waals surface area contributed by atoms with Crippen molar-refractivity contribution in [1.82, 2.24) is 4.90 Å². The molecule has 0 spiro atoms. The van der Waals surface area contributed by atoms with Crippen molar-refractivity contribution >= 4 is 16.4 Å². The Morgan fingerprint density at radius 2 is 1.78 bits per heavy atom. The van der Waals surface area contributed by atoms with E-state index in [1.165, 1.54) is 12.1 Å². The van der Waals surface area contributed by atoms with Crippen molar-refractivity contribution in [2.24, 2.45) is 5.73 Å². The van der Waals surface area contributed by atoms with Crippen LogP contribution in [0.3, 0.4) is 0 Å². The number of rotatable bonds is 2. The van der Waals surface area contributed by atoms with Gasteiger partial charge >= 0.3 is 10.4 Å². The summed E-state index contributed by atoms with van der Waals surface area (Å²) < 4.78 is 44.1. The van der Waals surface area contributed by atoms with E-state index in [1.54, 1.807) is 24.1 Å². The number of halogens is 1. The van der Waals surface area contributed by atoms with Gasteiger partial charge in [-0.1, -0.05) is 12.1 Å². The predicted molar refractivity (Wildman–Crippen MR) is 64.0 cm³/mol. The summed E-state index contributed by atoms with van der Waals surface area (Å²) in [7, 11) is -2.95. The second-order valence-electron chi connectivity index (χ2n) is 3.32. The molecule has 1 aromatic rings. The van der Waals surface area contributed by atoms with Gasteiger partial charge in [-0.05, 0) is 17.7 Å². The molecule has 1 rings (SSSR count). The maximum absolute atomic E-state index is 12.5. The monoisotopic (exact) mass is 279 g/mol. The van der Waals surface area contributed by atoms with E-state index in [1.807, 2.05) is 0 Å². The van der Waals surface area contributed by atoms with Gasteiger partial charge in [0.05, 0.1) is 0 Å². The molecule has 9 heteroatoms. The lowest BCUT2D eigenvalue weighted by molar-refractivity contribution is 0.381. The third-order valence-corrected chi connectivity index (χ3v) is 1.74. The molecule has 0 aliphatic carbocycles. The van der Waals surface area contributed by atoms with Crippen molar-refractivity contribution in [3.8, 4) is 0 Å². The highest BCUT2D eigenvalue weighted by Crippen LogP contribution is 2.04. The van der Waals surface area contributed by atoms with Crippen LogP contribution in [-0.2, 0) is 16.9 Å². The molecule has 0 aromatic heterocycles. The van der Waals surface area contributed by atoms with Gasteiger partial charge in [-0.2, -0.15) is 8.42 Å². The third-order valence-electron chi connectivity index (χ3n) is 1.74. The Morgan fingerprint density at radius 1 is 1.39 bits per heavy atom. The summed E-state index contributed by atoms with van der Waals surface area (Å²) in [5.41, 5.74) is 6.18. The van der Waals surface area contributed by atoms with Gasteiger partial charge in [0, 0.05) is 13.6 Å². The minimum absolute atomic E-state index is 0.00400. The summed E-state index contributed by atoms with van der Waals surface area (Å²) in [5, 5.41) is 7.12. The fourth-order valence-corrected chi connectivity index (χ4v) is 0.949. The zero-order valence-corrected chi connectivity index (χ0v) is 10.4. The van der Waals surface area contributed by atoms with Gasteiger partial charge in [-0.25, -0.2) is 4.39 Å². The fourth-order valence-electron chi connectivity index (χ4n) is 0.949. The van der Waals surface area contributed by atoms with Crippen LogP contribution in [0.1, 0.15) is 5.56 Å². The van der Waals surface area contributed by atoms with Crippen LogP contribution in [0.5, 0.6) is 0 Å². The Bertz CT molecular complexity index is 481. The van der Waals surface area contributed by atoms with Gasteiger partial charge in [-0.3, -0.25) is 14.5 Å². The number of hydrogen-bond acceptors (Lipinski definition) is 3. The summed E-state index contributed by atoms with van der Waals surface area (Å²) in [6, 6.07) is 6.14. The van der Waals surface area contributed by atoms with Crippen LogP contribution >= 0.6 is 0 Å². The number of benzene rings is 1. The normalized spacial score (nSPS) is 10.2. The Morgan fingerprint density at radius 3 is 2.11 bits per heavy atom. The number of nitrogens with two attached hydrogens (primary N) is 1. The lowest BCUT2D eigenvalue weighted by Gasteiger charge is -2.16. The van der Waals surface area contributed by atoms with Crippen molar-refractivity contribution in [1.29, 1.82) is 5.41 Å². The number of nitrogens with one attached hydrogen (secondary N) is 1. The molecular formula is C9H14FN3O4S. The molecule has 0 saturated heterocycles. The fraction of sp³-hybridized carbons (Fsp3) is 0.222. The summed E-state index contributed by atoms with van der Waals surface area (Å²) in [6.07, 6.45) is 0. The van der Waals surface area contributed by atoms with Crippen LogP contribution in [0.25, 0.3) is 0 Å². The minimum atomic E-state index is -4.67. The molecule has 1 aromatic carbocycles. The first-order chi connectivity index (χ1) is 8.09. The van der Waals surface area contributed by atoms with E-state index >= 15 is 0 Å². The second kappa shape index (κ2) is 6.89. The molecule has 0 unspecified atom stereocenters. The highest BCUT2D eigenvalue weighted by molar-refractivity contribution is 7.79. The van der Waals surface area contributed by atoms with Crippen LogP contribution in [0, 0.1) is 11.2 Å². The highest BCUT2D eigenvalue weighted by atomic mass is 32.3. The molecule has 0 radical (unpaired) electrons. The topological polar surface area (TPSA) is 128 Å². The van der Waals surface area contributed by atoms with Crippen molar-refractivity contribution in [2.45, 2.75) is 6.54 Å². The van der Waals surface area contributed by atoms with Crippen LogP contribution in [0.2, 0.25) is 0 Å². The summed E-state index contributed by atoms with van der Waals surface area (Å²) >= 11 is 0. The molecule has 0 heterocycles. The summed E-state index contributed by atoms with van der Waals surface area (Å²) in [5.74, 6) is -0.251. The van der Waals surface area contributed by atoms with Crippen LogP contribution in [-0.4, -0.2) is 35.4 Å². The first kappa shape index (κ1) is 16.3. The van der Waals surface area contributed by atoms with E-state index in [0.29, 0.717) is 6.54 Å².